The first-order chi connectivity index (χ1) is 15.9. The first-order valence-corrected chi connectivity index (χ1v) is 15.3. The van der Waals surface area contributed by atoms with Gasteiger partial charge in [-0.25, -0.2) is 4.79 Å². The van der Waals surface area contributed by atoms with Gasteiger partial charge >= 0.3 is 5.97 Å². The molecule has 1 heterocycles. The van der Waals surface area contributed by atoms with Crippen LogP contribution >= 0.6 is 0 Å². The maximum atomic E-state index is 11.7. The van der Waals surface area contributed by atoms with Crippen LogP contribution in [0, 0.1) is 5.92 Å². The Labute approximate surface area is 207 Å². The number of esters is 1. The largest absolute Gasteiger partial charge is 0.463 e. The average molecular weight is 489 g/mol. The minimum absolute atomic E-state index is 0.0464. The van der Waals surface area contributed by atoms with E-state index in [-0.39, 0.29) is 35.2 Å². The lowest BCUT2D eigenvalue weighted by molar-refractivity contribution is -0.145. The molecule has 0 saturated carbocycles. The number of allylic oxidation sites excluding steroid dienone is 2. The molecule has 0 aromatic heterocycles. The van der Waals surface area contributed by atoms with Crippen molar-refractivity contribution >= 4 is 14.3 Å². The molecule has 190 valence electrons. The van der Waals surface area contributed by atoms with E-state index in [9.17, 15) is 4.79 Å². The van der Waals surface area contributed by atoms with E-state index < -0.39 is 8.32 Å². The molecule has 34 heavy (non-hydrogen) atoms. The van der Waals surface area contributed by atoms with Crippen LogP contribution in [-0.2, 0) is 30.0 Å². The Hall–Kier alpha value is -1.73. The number of carbonyl (C=O) groups excluding carboxylic acids is 1. The van der Waals surface area contributed by atoms with Crippen molar-refractivity contribution in [1.82, 2.24) is 0 Å². The third-order valence-electron chi connectivity index (χ3n) is 6.89. The minimum Gasteiger partial charge on any atom is -0.463 e. The monoisotopic (exact) mass is 488 g/mol. The van der Waals surface area contributed by atoms with Crippen LogP contribution in [0.15, 0.2) is 54.1 Å². The van der Waals surface area contributed by atoms with E-state index in [4.69, 9.17) is 18.6 Å². The molecule has 0 N–H and O–H groups in total. The first-order valence-electron chi connectivity index (χ1n) is 12.4. The summed E-state index contributed by atoms with van der Waals surface area (Å²) in [6.45, 7) is 18.7. The lowest BCUT2D eigenvalue weighted by Gasteiger charge is -2.42. The Bertz CT molecular complexity index is 825. The third-order valence-corrected chi connectivity index (χ3v) is 11.4. The zero-order chi connectivity index (χ0) is 25.4. The Kier molecular flexibility index (Phi) is 10.7. The summed E-state index contributed by atoms with van der Waals surface area (Å²) >= 11 is 0. The molecule has 0 spiro atoms. The molecule has 0 amide bonds. The molecule has 0 aliphatic carbocycles. The van der Waals surface area contributed by atoms with Crippen LogP contribution in [0.5, 0.6) is 0 Å². The van der Waals surface area contributed by atoms with Crippen molar-refractivity contribution in [2.45, 2.75) is 91.0 Å². The fourth-order valence-corrected chi connectivity index (χ4v) is 4.64. The molecular formula is C28H44O5Si. The van der Waals surface area contributed by atoms with Gasteiger partial charge in [0.2, 0.25) is 0 Å². The molecule has 5 nitrogen and oxygen atoms in total. The summed E-state index contributed by atoms with van der Waals surface area (Å²) in [6, 6.07) is 10.3. The maximum absolute atomic E-state index is 11.7. The van der Waals surface area contributed by atoms with E-state index in [1.807, 2.05) is 25.1 Å². The van der Waals surface area contributed by atoms with Crippen molar-refractivity contribution in [2.24, 2.45) is 5.92 Å². The van der Waals surface area contributed by atoms with Crippen LogP contribution in [0.3, 0.4) is 0 Å². The Morgan fingerprint density at radius 3 is 2.47 bits per heavy atom. The topological polar surface area (TPSA) is 54.0 Å². The second kappa shape index (κ2) is 12.8. The summed E-state index contributed by atoms with van der Waals surface area (Å²) in [4.78, 5) is 11.7. The fourth-order valence-electron chi connectivity index (χ4n) is 3.61. The fraction of sp³-hybridized carbons (Fsp3) is 0.607. The Balaban J connectivity index is 2.14. The zero-order valence-electron chi connectivity index (χ0n) is 22.3. The normalized spacial score (nSPS) is 24.4. The Morgan fingerprint density at radius 1 is 1.18 bits per heavy atom. The highest BCUT2D eigenvalue weighted by atomic mass is 28.4. The number of rotatable bonds is 10. The van der Waals surface area contributed by atoms with Crippen LogP contribution < -0.4 is 0 Å². The van der Waals surface area contributed by atoms with Crippen molar-refractivity contribution in [3.05, 3.63) is 59.7 Å². The van der Waals surface area contributed by atoms with Crippen LogP contribution in [0.25, 0.3) is 0 Å². The highest BCUT2D eigenvalue weighted by Crippen LogP contribution is 2.37. The van der Waals surface area contributed by atoms with Crippen molar-refractivity contribution < 1.29 is 23.4 Å². The molecule has 1 saturated heterocycles. The minimum atomic E-state index is -1.89. The lowest BCUT2D eigenvalue weighted by Crippen LogP contribution is -2.48. The zero-order valence-corrected chi connectivity index (χ0v) is 23.3. The van der Waals surface area contributed by atoms with Gasteiger partial charge in [-0.2, -0.15) is 0 Å². The Morgan fingerprint density at radius 2 is 1.85 bits per heavy atom. The van der Waals surface area contributed by atoms with E-state index >= 15 is 0 Å². The molecule has 4 atom stereocenters. The summed E-state index contributed by atoms with van der Waals surface area (Å²) in [6.07, 6.45) is 5.99. The predicted octanol–water partition coefficient (Wildman–Crippen LogP) is 6.45. The molecule has 1 fully saturated rings. The van der Waals surface area contributed by atoms with E-state index in [2.05, 4.69) is 59.0 Å². The molecule has 1 aliphatic heterocycles. The number of hydrogen-bond donors (Lipinski definition) is 0. The van der Waals surface area contributed by atoms with Gasteiger partial charge in [0, 0.05) is 18.4 Å². The van der Waals surface area contributed by atoms with Gasteiger partial charge in [0.25, 0.3) is 0 Å². The second-order valence-electron chi connectivity index (χ2n) is 10.7. The number of carbonyl (C=O) groups is 1. The highest BCUT2D eigenvalue weighted by molar-refractivity contribution is 6.74. The van der Waals surface area contributed by atoms with Crippen LogP contribution in [0.2, 0.25) is 18.1 Å². The standard InChI is InChI=1S/C28H44O5Si/c1-9-30-27(29)16-15-21(2)17-26-22(3)25(31-19-23-13-11-10-12-14-23)18-24(33-26)20-32-34(7,8)28(4,5)6/h10-17,22,24-26H,9,18-20H2,1-8H3/b16-15+,21-17-/t22-,24-,25+,26-/m1/s1. The third kappa shape index (κ3) is 8.80. The lowest BCUT2D eigenvalue weighted by atomic mass is 9.89. The smallest absolute Gasteiger partial charge is 0.330 e. The van der Waals surface area contributed by atoms with E-state index in [1.54, 1.807) is 13.0 Å². The van der Waals surface area contributed by atoms with Crippen LogP contribution in [0.1, 0.15) is 53.5 Å². The van der Waals surface area contributed by atoms with Gasteiger partial charge in [-0.05, 0) is 37.5 Å². The number of hydrogen-bond acceptors (Lipinski definition) is 5. The van der Waals surface area contributed by atoms with Crippen molar-refractivity contribution in [1.29, 1.82) is 0 Å². The van der Waals surface area contributed by atoms with Gasteiger partial charge < -0.3 is 18.6 Å². The number of benzene rings is 1. The summed E-state index contributed by atoms with van der Waals surface area (Å²) < 4.78 is 24.4. The van der Waals surface area contributed by atoms with E-state index in [0.717, 1.165) is 17.6 Å². The van der Waals surface area contributed by atoms with Gasteiger partial charge in [-0.15, -0.1) is 0 Å². The van der Waals surface area contributed by atoms with Crippen LogP contribution in [-0.4, -0.2) is 45.8 Å². The molecule has 0 bridgehead atoms. The average Bonchev–Trinajstić information content (AvgIpc) is 2.77. The van der Waals surface area contributed by atoms with Crippen LogP contribution in [0.4, 0.5) is 0 Å². The van der Waals surface area contributed by atoms with Crippen molar-refractivity contribution in [2.75, 3.05) is 13.2 Å². The van der Waals surface area contributed by atoms with Gasteiger partial charge in [-0.1, -0.05) is 75.8 Å². The molecule has 1 aromatic carbocycles. The number of ether oxygens (including phenoxy) is 3. The molecule has 1 aromatic rings. The van der Waals surface area contributed by atoms with Crippen molar-refractivity contribution in [3.63, 3.8) is 0 Å². The summed E-state index contributed by atoms with van der Waals surface area (Å²) in [5, 5.41) is 0.145. The summed E-state index contributed by atoms with van der Waals surface area (Å²) in [7, 11) is -1.89. The van der Waals surface area contributed by atoms with Gasteiger partial charge in [0.05, 0.1) is 38.1 Å². The molecule has 0 unspecified atom stereocenters. The first kappa shape index (κ1) is 28.5. The van der Waals surface area contributed by atoms with E-state index in [1.165, 1.54) is 6.08 Å². The molecule has 0 radical (unpaired) electrons. The van der Waals surface area contributed by atoms with Gasteiger partial charge in [0.1, 0.15) is 0 Å². The second-order valence-corrected chi connectivity index (χ2v) is 15.5. The highest BCUT2D eigenvalue weighted by Gasteiger charge is 2.40. The van der Waals surface area contributed by atoms with Gasteiger partial charge in [0.15, 0.2) is 8.32 Å². The van der Waals surface area contributed by atoms with Crippen molar-refractivity contribution in [3.8, 4) is 0 Å². The maximum Gasteiger partial charge on any atom is 0.330 e. The molecule has 6 heteroatoms. The molecule has 1 aliphatic rings. The van der Waals surface area contributed by atoms with Gasteiger partial charge in [-0.3, -0.25) is 0 Å². The van der Waals surface area contributed by atoms with E-state index in [0.29, 0.717) is 19.8 Å². The summed E-state index contributed by atoms with van der Waals surface area (Å²) in [5.41, 5.74) is 2.12. The predicted molar refractivity (Wildman–Crippen MR) is 140 cm³/mol. The quantitative estimate of drug-likeness (QED) is 0.164. The molecular weight excluding hydrogens is 444 g/mol. The summed E-state index contributed by atoms with van der Waals surface area (Å²) in [5.74, 6) is -0.170. The SMILES string of the molecule is CCOC(=O)/C=C/C(C)=C\[C@H]1O[C@@H](CO[Si](C)(C)C(C)(C)C)C[C@H](OCc2ccccc2)[C@H]1C. The molecule has 2 rings (SSSR count).